The van der Waals surface area contributed by atoms with Crippen molar-refractivity contribution in [3.05, 3.63) is 18.0 Å². The van der Waals surface area contributed by atoms with Crippen LogP contribution < -0.4 is 5.73 Å². The number of nitrogens with two attached hydrogens (primary N) is 1. The first kappa shape index (κ1) is 6.25. The predicted molar refractivity (Wildman–Crippen MR) is 30.5 cm³/mol. The molecule has 0 amide bonds. The highest BCUT2D eigenvalue weighted by atomic mass is 16.5. The Morgan fingerprint density at radius 2 is 2.67 bits per heavy atom. The molecule has 0 aliphatic rings. The standard InChI is InChI=1S/C5H8N2O2/c6-4(3-8)5-1-2-9-7-5/h1-2,4,8H,3,6H2/t4-/m0/s1. The highest BCUT2D eigenvalue weighted by molar-refractivity contribution is 5.01. The number of nitrogens with zero attached hydrogens (tertiary/aromatic N) is 1. The molecule has 0 spiro atoms. The van der Waals surface area contributed by atoms with Gasteiger partial charge in [-0.15, -0.1) is 0 Å². The number of aliphatic hydroxyl groups is 1. The minimum Gasteiger partial charge on any atom is -0.394 e. The van der Waals surface area contributed by atoms with Gasteiger partial charge in [0.2, 0.25) is 0 Å². The van der Waals surface area contributed by atoms with Crippen molar-refractivity contribution >= 4 is 0 Å². The van der Waals surface area contributed by atoms with E-state index in [1.54, 1.807) is 6.07 Å². The zero-order valence-electron chi connectivity index (χ0n) is 4.82. The molecule has 9 heavy (non-hydrogen) atoms. The smallest absolute Gasteiger partial charge is 0.124 e. The minimum absolute atomic E-state index is 0.105. The van der Waals surface area contributed by atoms with Crippen LogP contribution in [0.2, 0.25) is 0 Å². The Bertz CT molecular complexity index is 161. The fraction of sp³-hybridized carbons (Fsp3) is 0.400. The highest BCUT2D eigenvalue weighted by Gasteiger charge is 2.05. The minimum atomic E-state index is -0.413. The third-order valence-corrected chi connectivity index (χ3v) is 1.03. The Morgan fingerprint density at radius 3 is 3.11 bits per heavy atom. The predicted octanol–water partition coefficient (Wildman–Crippen LogP) is -0.333. The number of aromatic nitrogens is 1. The summed E-state index contributed by atoms with van der Waals surface area (Å²) in [4.78, 5) is 0. The lowest BCUT2D eigenvalue weighted by Crippen LogP contribution is -2.14. The van der Waals surface area contributed by atoms with Crippen molar-refractivity contribution in [1.82, 2.24) is 5.16 Å². The number of hydrogen-bond acceptors (Lipinski definition) is 4. The number of aliphatic hydroxyl groups excluding tert-OH is 1. The van der Waals surface area contributed by atoms with Crippen LogP contribution >= 0.6 is 0 Å². The molecule has 1 atom stereocenters. The second-order valence-corrected chi connectivity index (χ2v) is 1.71. The molecule has 0 bridgehead atoms. The van der Waals surface area contributed by atoms with E-state index in [0.717, 1.165) is 0 Å². The summed E-state index contributed by atoms with van der Waals surface area (Å²) in [7, 11) is 0. The van der Waals surface area contributed by atoms with Gasteiger partial charge in [-0.1, -0.05) is 5.16 Å². The maximum absolute atomic E-state index is 8.50. The van der Waals surface area contributed by atoms with Gasteiger partial charge in [-0.3, -0.25) is 0 Å². The van der Waals surface area contributed by atoms with Gasteiger partial charge in [0.25, 0.3) is 0 Å². The third-order valence-electron chi connectivity index (χ3n) is 1.03. The van der Waals surface area contributed by atoms with Crippen molar-refractivity contribution in [3.63, 3.8) is 0 Å². The molecule has 0 unspecified atom stereocenters. The summed E-state index contributed by atoms with van der Waals surface area (Å²) in [6.07, 6.45) is 1.42. The monoisotopic (exact) mass is 128 g/mol. The van der Waals surface area contributed by atoms with E-state index in [1.165, 1.54) is 6.26 Å². The number of hydrogen-bond donors (Lipinski definition) is 2. The van der Waals surface area contributed by atoms with E-state index in [-0.39, 0.29) is 6.61 Å². The van der Waals surface area contributed by atoms with Gasteiger partial charge in [0, 0.05) is 6.07 Å². The lowest BCUT2D eigenvalue weighted by atomic mass is 10.2. The molecule has 0 aliphatic heterocycles. The number of rotatable bonds is 2. The van der Waals surface area contributed by atoms with Gasteiger partial charge in [0.05, 0.1) is 12.6 Å². The summed E-state index contributed by atoms with van der Waals surface area (Å²) in [5, 5.41) is 12.0. The molecule has 0 aliphatic carbocycles. The molecule has 0 fully saturated rings. The fourth-order valence-corrected chi connectivity index (χ4v) is 0.507. The molecule has 4 heteroatoms. The van der Waals surface area contributed by atoms with E-state index in [9.17, 15) is 0 Å². The van der Waals surface area contributed by atoms with E-state index in [0.29, 0.717) is 5.69 Å². The molecular weight excluding hydrogens is 120 g/mol. The molecule has 4 nitrogen and oxygen atoms in total. The van der Waals surface area contributed by atoms with Crippen LogP contribution in [0.15, 0.2) is 16.9 Å². The molecule has 0 aromatic carbocycles. The Hall–Kier alpha value is -0.870. The Kier molecular flexibility index (Phi) is 1.81. The molecule has 1 heterocycles. The molecular formula is C5H8N2O2. The van der Waals surface area contributed by atoms with Crippen LogP contribution in [0, 0.1) is 0 Å². The summed E-state index contributed by atoms with van der Waals surface area (Å²) in [6.45, 7) is -0.105. The van der Waals surface area contributed by atoms with Gasteiger partial charge < -0.3 is 15.4 Å². The van der Waals surface area contributed by atoms with Crippen molar-refractivity contribution in [2.24, 2.45) is 5.73 Å². The average molecular weight is 128 g/mol. The van der Waals surface area contributed by atoms with Gasteiger partial charge in [-0.05, 0) is 0 Å². The van der Waals surface area contributed by atoms with Gasteiger partial charge in [-0.2, -0.15) is 0 Å². The molecule has 1 rings (SSSR count). The van der Waals surface area contributed by atoms with Crippen molar-refractivity contribution < 1.29 is 9.63 Å². The van der Waals surface area contributed by atoms with Crippen molar-refractivity contribution in [3.8, 4) is 0 Å². The zero-order valence-corrected chi connectivity index (χ0v) is 4.82. The normalized spacial score (nSPS) is 13.6. The Morgan fingerprint density at radius 1 is 1.89 bits per heavy atom. The zero-order chi connectivity index (χ0) is 6.69. The first-order valence-electron chi connectivity index (χ1n) is 2.61. The molecule has 1 aromatic rings. The summed E-state index contributed by atoms with van der Waals surface area (Å²) in [6, 6.07) is 1.21. The van der Waals surface area contributed by atoms with Crippen molar-refractivity contribution in [2.75, 3.05) is 6.61 Å². The molecule has 0 radical (unpaired) electrons. The van der Waals surface area contributed by atoms with Crippen LogP contribution in [-0.4, -0.2) is 16.9 Å². The van der Waals surface area contributed by atoms with Gasteiger partial charge in [-0.25, -0.2) is 0 Å². The van der Waals surface area contributed by atoms with Crippen molar-refractivity contribution in [2.45, 2.75) is 6.04 Å². The summed E-state index contributed by atoms with van der Waals surface area (Å²) in [5.74, 6) is 0. The van der Waals surface area contributed by atoms with Crippen LogP contribution in [0.5, 0.6) is 0 Å². The van der Waals surface area contributed by atoms with Crippen LogP contribution in [0.4, 0.5) is 0 Å². The van der Waals surface area contributed by atoms with Crippen molar-refractivity contribution in [1.29, 1.82) is 0 Å². The second-order valence-electron chi connectivity index (χ2n) is 1.71. The molecule has 1 aromatic heterocycles. The lowest BCUT2D eigenvalue weighted by molar-refractivity contribution is 0.261. The molecule has 3 N–H and O–H groups in total. The third kappa shape index (κ3) is 1.28. The summed E-state index contributed by atoms with van der Waals surface area (Å²) in [5.41, 5.74) is 5.95. The molecule has 0 saturated heterocycles. The van der Waals surface area contributed by atoms with Crippen LogP contribution in [0.25, 0.3) is 0 Å². The first-order valence-corrected chi connectivity index (χ1v) is 2.61. The quantitative estimate of drug-likeness (QED) is 0.571. The largest absolute Gasteiger partial charge is 0.394 e. The van der Waals surface area contributed by atoms with Crippen LogP contribution in [0.1, 0.15) is 11.7 Å². The highest BCUT2D eigenvalue weighted by Crippen LogP contribution is 2.03. The van der Waals surface area contributed by atoms with E-state index in [4.69, 9.17) is 10.8 Å². The summed E-state index contributed by atoms with van der Waals surface area (Å²) >= 11 is 0. The van der Waals surface area contributed by atoms with Gasteiger partial charge in [0.15, 0.2) is 0 Å². The maximum atomic E-state index is 8.50. The second kappa shape index (κ2) is 2.61. The maximum Gasteiger partial charge on any atom is 0.124 e. The first-order chi connectivity index (χ1) is 4.34. The van der Waals surface area contributed by atoms with Gasteiger partial charge in [0.1, 0.15) is 12.0 Å². The van der Waals surface area contributed by atoms with E-state index in [2.05, 4.69) is 9.68 Å². The van der Waals surface area contributed by atoms with E-state index in [1.807, 2.05) is 0 Å². The fourth-order valence-electron chi connectivity index (χ4n) is 0.507. The molecule has 0 saturated carbocycles. The SMILES string of the molecule is N[C@@H](CO)c1ccon1. The van der Waals surface area contributed by atoms with E-state index >= 15 is 0 Å². The lowest BCUT2D eigenvalue weighted by Gasteiger charge is -1.99. The van der Waals surface area contributed by atoms with Gasteiger partial charge >= 0.3 is 0 Å². The van der Waals surface area contributed by atoms with Crippen LogP contribution in [0.3, 0.4) is 0 Å². The van der Waals surface area contributed by atoms with E-state index < -0.39 is 6.04 Å². The Balaban J connectivity index is 2.65. The topological polar surface area (TPSA) is 72.3 Å². The van der Waals surface area contributed by atoms with Crippen LogP contribution in [-0.2, 0) is 0 Å². The average Bonchev–Trinajstić information content (AvgIpc) is 2.37. The summed E-state index contributed by atoms with van der Waals surface area (Å²) < 4.78 is 4.50. The Labute approximate surface area is 52.3 Å². The molecule has 50 valence electrons.